The summed E-state index contributed by atoms with van der Waals surface area (Å²) in [6.07, 6.45) is 0. The molecule has 2 N–H and O–H groups in total. The summed E-state index contributed by atoms with van der Waals surface area (Å²) in [7, 11) is 1.93. The van der Waals surface area contributed by atoms with E-state index < -0.39 is 0 Å². The van der Waals surface area contributed by atoms with Gasteiger partial charge in [0.25, 0.3) is 0 Å². The van der Waals surface area contributed by atoms with Crippen molar-refractivity contribution < 1.29 is 4.79 Å². The second kappa shape index (κ2) is 5.19. The monoisotopic (exact) mass is 233 g/mol. The number of rotatable bonds is 4. The molecule has 92 valence electrons. The second-order valence-electron chi connectivity index (χ2n) is 4.63. The molecule has 0 fully saturated rings. The number of benzene rings is 1. The molecule has 0 aliphatic carbocycles. The zero-order valence-corrected chi connectivity index (χ0v) is 10.4. The third-order valence-corrected chi connectivity index (χ3v) is 2.99. The van der Waals surface area contributed by atoms with Crippen molar-refractivity contribution in [1.29, 1.82) is 0 Å². The van der Waals surface area contributed by atoms with Crippen LogP contribution in [0.15, 0.2) is 24.3 Å². The minimum Gasteiger partial charge on any atom is -0.320 e. The lowest BCUT2D eigenvalue weighted by Crippen LogP contribution is -2.42. The molecule has 2 rings (SSSR count). The summed E-state index contributed by atoms with van der Waals surface area (Å²) in [5.41, 5.74) is 2.12. The summed E-state index contributed by atoms with van der Waals surface area (Å²) >= 11 is 0. The molecule has 4 nitrogen and oxygen atoms in total. The molecule has 1 heterocycles. The first-order chi connectivity index (χ1) is 8.20. The number of hydrogen-bond acceptors (Lipinski definition) is 2. The Bertz CT molecular complexity index is 405. The van der Waals surface area contributed by atoms with Crippen molar-refractivity contribution in [2.75, 3.05) is 25.5 Å². The Balaban J connectivity index is 2.05. The molecule has 2 amide bonds. The molecule has 1 unspecified atom stereocenters. The number of anilines is 1. The first-order valence-electron chi connectivity index (χ1n) is 5.99. The summed E-state index contributed by atoms with van der Waals surface area (Å²) in [5.74, 6) is 0.455. The molecule has 0 saturated heterocycles. The van der Waals surface area contributed by atoms with Crippen LogP contribution in [-0.4, -0.2) is 31.1 Å². The van der Waals surface area contributed by atoms with Crippen LogP contribution < -0.4 is 10.6 Å². The first kappa shape index (κ1) is 11.9. The predicted molar refractivity (Wildman–Crippen MR) is 69.0 cm³/mol. The number of para-hydroxylation sites is 1. The van der Waals surface area contributed by atoms with E-state index in [1.807, 2.05) is 30.1 Å². The van der Waals surface area contributed by atoms with Crippen LogP contribution in [0.3, 0.4) is 0 Å². The van der Waals surface area contributed by atoms with Gasteiger partial charge in [-0.3, -0.25) is 0 Å². The van der Waals surface area contributed by atoms with Crippen molar-refractivity contribution in [3.8, 4) is 0 Å². The maximum absolute atomic E-state index is 11.9. The van der Waals surface area contributed by atoms with Crippen molar-refractivity contribution in [1.82, 2.24) is 10.2 Å². The van der Waals surface area contributed by atoms with Crippen molar-refractivity contribution >= 4 is 11.7 Å². The first-order valence-corrected chi connectivity index (χ1v) is 5.99. The summed E-state index contributed by atoms with van der Waals surface area (Å²) in [6.45, 7) is 4.55. The van der Waals surface area contributed by atoms with Crippen LogP contribution in [-0.2, 0) is 6.54 Å². The summed E-state index contributed by atoms with van der Waals surface area (Å²) < 4.78 is 0. The Hall–Kier alpha value is -1.55. The van der Waals surface area contributed by atoms with E-state index in [9.17, 15) is 4.79 Å². The number of fused-ring (bicyclic) bond motifs is 1. The molecule has 1 atom stereocenters. The van der Waals surface area contributed by atoms with Crippen LogP contribution in [0, 0.1) is 5.92 Å². The lowest BCUT2D eigenvalue weighted by Gasteiger charge is -2.31. The van der Waals surface area contributed by atoms with Gasteiger partial charge in [0.05, 0.1) is 0 Å². The number of amides is 2. The number of urea groups is 1. The van der Waals surface area contributed by atoms with E-state index in [-0.39, 0.29) is 6.03 Å². The molecule has 1 aliphatic heterocycles. The van der Waals surface area contributed by atoms with Crippen molar-refractivity contribution in [3.05, 3.63) is 29.8 Å². The maximum atomic E-state index is 11.9. The molecular weight excluding hydrogens is 214 g/mol. The fourth-order valence-corrected chi connectivity index (χ4v) is 2.19. The fraction of sp³-hybridized carbons (Fsp3) is 0.462. The number of carbonyl (C=O) groups is 1. The average Bonchev–Trinajstić information content (AvgIpc) is 2.30. The highest BCUT2D eigenvalue weighted by Crippen LogP contribution is 2.23. The highest BCUT2D eigenvalue weighted by atomic mass is 16.2. The molecule has 1 aliphatic rings. The van der Waals surface area contributed by atoms with Crippen molar-refractivity contribution in [2.24, 2.45) is 5.92 Å². The van der Waals surface area contributed by atoms with Gasteiger partial charge in [-0.2, -0.15) is 0 Å². The van der Waals surface area contributed by atoms with Gasteiger partial charge in [0.15, 0.2) is 0 Å². The van der Waals surface area contributed by atoms with Gasteiger partial charge in [-0.25, -0.2) is 4.79 Å². The van der Waals surface area contributed by atoms with E-state index in [1.54, 1.807) is 0 Å². The Morgan fingerprint density at radius 3 is 3.00 bits per heavy atom. The molecule has 0 spiro atoms. The van der Waals surface area contributed by atoms with Gasteiger partial charge in [0, 0.05) is 18.8 Å². The molecule has 0 saturated carbocycles. The molecule has 1 aromatic rings. The number of nitrogens with zero attached hydrogens (tertiary/aromatic N) is 1. The van der Waals surface area contributed by atoms with E-state index in [0.717, 1.165) is 18.8 Å². The van der Waals surface area contributed by atoms with Crippen LogP contribution in [0.5, 0.6) is 0 Å². The average molecular weight is 233 g/mol. The van der Waals surface area contributed by atoms with Gasteiger partial charge >= 0.3 is 6.03 Å². The van der Waals surface area contributed by atoms with E-state index in [4.69, 9.17) is 0 Å². The normalized spacial score (nSPS) is 16.4. The van der Waals surface area contributed by atoms with Crippen LogP contribution in [0.2, 0.25) is 0 Å². The van der Waals surface area contributed by atoms with E-state index in [1.165, 1.54) is 5.56 Å². The van der Waals surface area contributed by atoms with Crippen LogP contribution in [0.25, 0.3) is 0 Å². The van der Waals surface area contributed by atoms with Crippen LogP contribution in [0.1, 0.15) is 12.5 Å². The quantitative estimate of drug-likeness (QED) is 0.834. The van der Waals surface area contributed by atoms with Crippen molar-refractivity contribution in [2.45, 2.75) is 13.5 Å². The molecule has 1 aromatic carbocycles. The Morgan fingerprint density at radius 1 is 1.47 bits per heavy atom. The van der Waals surface area contributed by atoms with Gasteiger partial charge in [-0.1, -0.05) is 25.1 Å². The second-order valence-corrected chi connectivity index (χ2v) is 4.63. The zero-order valence-electron chi connectivity index (χ0n) is 10.4. The summed E-state index contributed by atoms with van der Waals surface area (Å²) in [5, 5.41) is 6.06. The minimum absolute atomic E-state index is 0.00616. The molecule has 0 aromatic heterocycles. The topological polar surface area (TPSA) is 44.4 Å². The lowest BCUT2D eigenvalue weighted by molar-refractivity contribution is 0.197. The maximum Gasteiger partial charge on any atom is 0.322 e. The summed E-state index contributed by atoms with van der Waals surface area (Å²) in [6, 6.07) is 7.96. The van der Waals surface area contributed by atoms with Gasteiger partial charge in [0.2, 0.25) is 0 Å². The van der Waals surface area contributed by atoms with E-state index in [0.29, 0.717) is 12.5 Å². The molecule has 0 radical (unpaired) electrons. The molecule has 0 bridgehead atoms. The fourth-order valence-electron chi connectivity index (χ4n) is 2.19. The van der Waals surface area contributed by atoms with Crippen molar-refractivity contribution in [3.63, 3.8) is 0 Å². The third kappa shape index (κ3) is 2.77. The SMILES string of the molecule is CNCC(C)CN1Cc2ccccc2NC1=O. The number of nitrogens with one attached hydrogen (secondary N) is 2. The highest BCUT2D eigenvalue weighted by molar-refractivity contribution is 5.92. The Labute approximate surface area is 102 Å². The number of hydrogen-bond donors (Lipinski definition) is 2. The van der Waals surface area contributed by atoms with E-state index in [2.05, 4.69) is 23.6 Å². The lowest BCUT2D eigenvalue weighted by atomic mass is 10.1. The highest BCUT2D eigenvalue weighted by Gasteiger charge is 2.22. The van der Waals surface area contributed by atoms with E-state index >= 15 is 0 Å². The third-order valence-electron chi connectivity index (χ3n) is 2.99. The molecular formula is C13H19N3O. The zero-order chi connectivity index (χ0) is 12.3. The Kier molecular flexibility index (Phi) is 3.64. The van der Waals surface area contributed by atoms with Gasteiger partial charge < -0.3 is 15.5 Å². The number of carbonyl (C=O) groups excluding carboxylic acids is 1. The Morgan fingerprint density at radius 2 is 2.24 bits per heavy atom. The van der Waals surface area contributed by atoms with Gasteiger partial charge in [0.1, 0.15) is 0 Å². The van der Waals surface area contributed by atoms with Crippen LogP contribution >= 0.6 is 0 Å². The summed E-state index contributed by atoms with van der Waals surface area (Å²) in [4.78, 5) is 13.8. The minimum atomic E-state index is 0.00616. The standard InChI is InChI=1S/C13H19N3O/c1-10(7-14-2)8-16-9-11-5-3-4-6-12(11)15-13(16)17/h3-6,10,14H,7-9H2,1-2H3,(H,15,17). The van der Waals surface area contributed by atoms with Gasteiger partial charge in [-0.15, -0.1) is 0 Å². The smallest absolute Gasteiger partial charge is 0.320 e. The van der Waals surface area contributed by atoms with Gasteiger partial charge in [-0.05, 0) is 31.1 Å². The van der Waals surface area contributed by atoms with Crippen LogP contribution in [0.4, 0.5) is 10.5 Å². The molecule has 4 heteroatoms. The largest absolute Gasteiger partial charge is 0.322 e. The predicted octanol–water partition coefficient (Wildman–Crippen LogP) is 1.89. The molecule has 17 heavy (non-hydrogen) atoms.